The first-order valence-electron chi connectivity index (χ1n) is 8.34. The molecule has 1 N–H and O–H groups in total. The summed E-state index contributed by atoms with van der Waals surface area (Å²) in [5, 5.41) is 3.03. The van der Waals surface area contributed by atoms with Crippen LogP contribution in [0.1, 0.15) is 24.0 Å². The van der Waals surface area contributed by atoms with Crippen molar-refractivity contribution in [2.75, 3.05) is 11.9 Å². The van der Waals surface area contributed by atoms with Gasteiger partial charge < -0.3 is 10.1 Å². The predicted molar refractivity (Wildman–Crippen MR) is 100 cm³/mol. The summed E-state index contributed by atoms with van der Waals surface area (Å²) in [6.07, 6.45) is 4.68. The number of ether oxygens (including phenoxy) is 1. The summed E-state index contributed by atoms with van der Waals surface area (Å²) in [5.41, 5.74) is 0.823. The van der Waals surface area contributed by atoms with E-state index in [9.17, 15) is 14.4 Å². The lowest BCUT2D eigenvalue weighted by atomic mass is 9.83. The number of allylic oxidation sites excluding steroid dienone is 1. The van der Waals surface area contributed by atoms with E-state index in [4.69, 9.17) is 4.74 Å². The van der Waals surface area contributed by atoms with Crippen LogP contribution in [0.2, 0.25) is 0 Å². The van der Waals surface area contributed by atoms with Crippen LogP contribution in [0.4, 0.5) is 5.82 Å². The molecule has 0 aliphatic carbocycles. The Balaban J connectivity index is 2.33. The quantitative estimate of drug-likeness (QED) is 0.640. The summed E-state index contributed by atoms with van der Waals surface area (Å²) in [4.78, 5) is 42.1. The first-order chi connectivity index (χ1) is 12.9. The average molecular weight is 368 g/mol. The van der Waals surface area contributed by atoms with E-state index in [1.54, 1.807) is 38.5 Å². The van der Waals surface area contributed by atoms with Gasteiger partial charge in [0.2, 0.25) is 0 Å². The van der Waals surface area contributed by atoms with Crippen molar-refractivity contribution in [3.8, 4) is 0 Å². The molecule has 0 aromatic carbocycles. The Morgan fingerprint density at radius 1 is 1.37 bits per heavy atom. The Morgan fingerprint density at radius 2 is 2.11 bits per heavy atom. The fourth-order valence-corrected chi connectivity index (χ4v) is 3.25. The summed E-state index contributed by atoms with van der Waals surface area (Å²) < 4.78 is 7.62. The van der Waals surface area contributed by atoms with Gasteiger partial charge in [0, 0.05) is 32.2 Å². The Hall–Kier alpha value is -3.42. The number of nitrogens with one attached hydrogen (secondary N) is 1. The molecule has 0 bridgehead atoms. The van der Waals surface area contributed by atoms with Gasteiger partial charge in [0.1, 0.15) is 12.4 Å². The van der Waals surface area contributed by atoms with Crippen molar-refractivity contribution in [1.29, 1.82) is 0 Å². The van der Waals surface area contributed by atoms with Crippen LogP contribution in [0.5, 0.6) is 0 Å². The van der Waals surface area contributed by atoms with Gasteiger partial charge in [-0.1, -0.05) is 18.7 Å². The maximum absolute atomic E-state index is 13.0. The highest BCUT2D eigenvalue weighted by Crippen LogP contribution is 2.39. The molecule has 3 rings (SSSR count). The first-order valence-corrected chi connectivity index (χ1v) is 8.34. The van der Waals surface area contributed by atoms with Gasteiger partial charge in [-0.2, -0.15) is 0 Å². The normalized spacial score (nSPS) is 15.7. The summed E-state index contributed by atoms with van der Waals surface area (Å²) >= 11 is 0. The molecule has 1 aliphatic heterocycles. The number of rotatable bonds is 4. The molecule has 8 heteroatoms. The largest absolute Gasteiger partial charge is 0.458 e. The van der Waals surface area contributed by atoms with E-state index in [-0.39, 0.29) is 6.61 Å². The highest BCUT2D eigenvalue weighted by atomic mass is 16.5. The zero-order valence-corrected chi connectivity index (χ0v) is 15.4. The van der Waals surface area contributed by atoms with Gasteiger partial charge in [-0.05, 0) is 18.6 Å². The Kier molecular flexibility index (Phi) is 4.81. The Labute approximate surface area is 155 Å². The first kappa shape index (κ1) is 18.4. The molecule has 8 nitrogen and oxygen atoms in total. The third-order valence-electron chi connectivity index (χ3n) is 4.56. The van der Waals surface area contributed by atoms with Gasteiger partial charge in [-0.3, -0.25) is 18.9 Å². The van der Waals surface area contributed by atoms with Crippen LogP contribution in [0.3, 0.4) is 0 Å². The summed E-state index contributed by atoms with van der Waals surface area (Å²) in [6, 6.07) is 3.51. The fourth-order valence-electron chi connectivity index (χ4n) is 3.25. The highest BCUT2D eigenvalue weighted by molar-refractivity contribution is 5.94. The second-order valence-corrected chi connectivity index (χ2v) is 6.24. The number of pyridine rings is 1. The summed E-state index contributed by atoms with van der Waals surface area (Å²) in [6.45, 7) is 5.30. The molecule has 0 saturated heterocycles. The van der Waals surface area contributed by atoms with E-state index < -0.39 is 23.1 Å². The second-order valence-electron chi connectivity index (χ2n) is 6.24. The lowest BCUT2D eigenvalue weighted by Crippen LogP contribution is -2.43. The van der Waals surface area contributed by atoms with E-state index in [1.165, 1.54) is 17.7 Å². The number of aromatic nitrogens is 3. The van der Waals surface area contributed by atoms with Crippen molar-refractivity contribution < 1.29 is 9.53 Å². The smallest absolute Gasteiger partial charge is 0.337 e. The minimum absolute atomic E-state index is 0.0491. The summed E-state index contributed by atoms with van der Waals surface area (Å²) in [5.74, 6) is -0.914. The third kappa shape index (κ3) is 2.99. The molecule has 2 aromatic heterocycles. The van der Waals surface area contributed by atoms with Crippen molar-refractivity contribution >= 4 is 11.8 Å². The molecule has 0 saturated carbocycles. The summed E-state index contributed by atoms with van der Waals surface area (Å²) in [7, 11) is 2.98. The molecule has 3 heterocycles. The van der Waals surface area contributed by atoms with Crippen molar-refractivity contribution in [3.05, 3.63) is 80.4 Å². The molecule has 27 heavy (non-hydrogen) atoms. The minimum Gasteiger partial charge on any atom is -0.458 e. The minimum atomic E-state index is -0.710. The topological polar surface area (TPSA) is 95.2 Å². The molecule has 2 aromatic rings. The van der Waals surface area contributed by atoms with Crippen molar-refractivity contribution in [2.45, 2.75) is 12.8 Å². The van der Waals surface area contributed by atoms with Gasteiger partial charge in [-0.15, -0.1) is 0 Å². The van der Waals surface area contributed by atoms with Crippen LogP contribution in [0.25, 0.3) is 0 Å². The van der Waals surface area contributed by atoms with Gasteiger partial charge in [0.05, 0.1) is 17.1 Å². The van der Waals surface area contributed by atoms with Gasteiger partial charge in [0.15, 0.2) is 0 Å². The molecular weight excluding hydrogens is 348 g/mol. The van der Waals surface area contributed by atoms with E-state index in [0.29, 0.717) is 28.2 Å². The average Bonchev–Trinajstić information content (AvgIpc) is 2.68. The third-order valence-corrected chi connectivity index (χ3v) is 4.56. The second kappa shape index (κ2) is 7.06. The van der Waals surface area contributed by atoms with Crippen LogP contribution in [0, 0.1) is 0 Å². The molecule has 0 amide bonds. The Morgan fingerprint density at radius 3 is 2.74 bits per heavy atom. The molecule has 0 radical (unpaired) electrons. The van der Waals surface area contributed by atoms with Gasteiger partial charge >= 0.3 is 11.7 Å². The van der Waals surface area contributed by atoms with Crippen LogP contribution in [-0.2, 0) is 23.6 Å². The number of anilines is 1. The predicted octanol–water partition coefficient (Wildman–Crippen LogP) is 1.04. The SMILES string of the molecule is C=CCOC(=O)C1=C(C)Nc2c(c(=O)n(C)c(=O)n2C)C1c1cccnc1. The maximum Gasteiger partial charge on any atom is 0.337 e. The monoisotopic (exact) mass is 368 g/mol. The van der Waals surface area contributed by atoms with E-state index >= 15 is 0 Å². The zero-order valence-electron chi connectivity index (χ0n) is 15.4. The van der Waals surface area contributed by atoms with Crippen LogP contribution < -0.4 is 16.6 Å². The van der Waals surface area contributed by atoms with Gasteiger partial charge in [0.25, 0.3) is 5.56 Å². The standard InChI is InChI=1S/C19H20N4O4/c1-5-9-27-18(25)13-11(2)21-16-15(14(13)12-7-6-8-20-10-12)17(24)23(4)19(26)22(16)3/h5-8,10,14,21H,1,9H2,2-4H3. The molecular formula is C19H20N4O4. The molecule has 0 fully saturated rings. The fraction of sp³-hybridized carbons (Fsp3) is 0.263. The molecule has 1 unspecified atom stereocenters. The lowest BCUT2D eigenvalue weighted by molar-refractivity contribution is -0.138. The highest BCUT2D eigenvalue weighted by Gasteiger charge is 2.37. The number of nitrogens with zero attached hydrogens (tertiary/aromatic N) is 3. The van der Waals surface area contributed by atoms with Crippen LogP contribution >= 0.6 is 0 Å². The van der Waals surface area contributed by atoms with Crippen LogP contribution in [-0.4, -0.2) is 26.7 Å². The van der Waals surface area contributed by atoms with Gasteiger partial charge in [-0.25, -0.2) is 9.59 Å². The number of esters is 1. The van der Waals surface area contributed by atoms with Crippen molar-refractivity contribution in [1.82, 2.24) is 14.1 Å². The number of hydrogen-bond donors (Lipinski definition) is 1. The zero-order chi connectivity index (χ0) is 19.7. The number of hydrogen-bond acceptors (Lipinski definition) is 6. The Bertz CT molecular complexity index is 1060. The van der Waals surface area contributed by atoms with E-state index in [0.717, 1.165) is 4.57 Å². The number of fused-ring (bicyclic) bond motifs is 1. The van der Waals surface area contributed by atoms with E-state index in [1.807, 2.05) is 0 Å². The van der Waals surface area contributed by atoms with Crippen LogP contribution in [0.15, 0.2) is 58.0 Å². The molecule has 1 aliphatic rings. The lowest BCUT2D eigenvalue weighted by Gasteiger charge is -2.30. The van der Waals surface area contributed by atoms with Crippen molar-refractivity contribution in [3.63, 3.8) is 0 Å². The van der Waals surface area contributed by atoms with Crippen molar-refractivity contribution in [2.24, 2.45) is 14.1 Å². The van der Waals surface area contributed by atoms with E-state index in [2.05, 4.69) is 16.9 Å². The molecule has 0 spiro atoms. The number of carbonyl (C=O) groups excluding carboxylic acids is 1. The maximum atomic E-state index is 13.0. The molecule has 1 atom stereocenters. The number of carbonyl (C=O) groups is 1. The molecule has 140 valence electrons.